The monoisotopic (exact) mass is 1970 g/mol. The standard InChI is InChI=1S/C15H25NO2.C15H25NO.C15H24OS.2C14H24N2O.2C14H23NOS.C14H22O2S/c1-14(2,3)8-10-9-16(7)11(12(10)17)13(18)15(4,5)6;1-14(2,3)9-11-8-12(16(7)10-11)13(17)15(4,5)6;1-10-8-11(9-14(2,3)4)17-12(10)13(16)15(5,6)7;1-13(2,3)8-10-9-16(7)12(15-10)11(17)14(4,5)6;1-13(2,3)9-10-8-11(16(7)15-10)12(17)14(4,5)6;1-9-11(12(16)14(5,6)7)15-10(17-9)8-13(2,3)4;1-9-11(12(16)14(5,6)7)17-10(15-9)8-13(2,3)4;1-13(2,3)7-9-8-17-11(10(9)15)12(16)14(4,5)6/h9,17H,8H2,1-7H3;8,10H,9H2,1-7H3;8H,9H2,1-7H3;9H,8H2,1-7H3;8H,9H2,1-7H3;2*8H2,1-7H3;8,15H,7H2,1-6H3. The molecule has 137 heavy (non-hydrogen) atoms. The summed E-state index contributed by atoms with van der Waals surface area (Å²) in [5, 5.41) is 28.9. The van der Waals surface area contributed by atoms with Crippen LogP contribution >= 0.6 is 45.3 Å². The highest BCUT2D eigenvalue weighted by Crippen LogP contribution is 2.41. The molecule has 0 radical (unpaired) electrons. The first-order valence-electron chi connectivity index (χ1n) is 48.8. The molecule has 8 aromatic heterocycles. The van der Waals surface area contributed by atoms with E-state index in [0.717, 1.165) is 115 Å². The minimum atomic E-state index is -0.484. The molecule has 0 unspecified atom stereocenters. The molecule has 0 spiro atoms. The van der Waals surface area contributed by atoms with Gasteiger partial charge in [0.2, 0.25) is 5.78 Å². The van der Waals surface area contributed by atoms with Gasteiger partial charge in [0.25, 0.3) is 0 Å². The van der Waals surface area contributed by atoms with Crippen LogP contribution in [0.2, 0.25) is 0 Å². The molecule has 0 aliphatic rings. The van der Waals surface area contributed by atoms with Crippen molar-refractivity contribution < 1.29 is 48.6 Å². The van der Waals surface area contributed by atoms with Crippen LogP contribution < -0.4 is 0 Å². The Morgan fingerprint density at radius 3 is 1.09 bits per heavy atom. The molecule has 0 saturated carbocycles. The second-order valence-corrected chi connectivity index (χ2v) is 60.2. The van der Waals surface area contributed by atoms with Gasteiger partial charge in [0, 0.05) is 124 Å². The number of hydrogen-bond acceptors (Lipinski definition) is 18. The molecule has 2 N–H and O–H groups in total. The zero-order valence-corrected chi connectivity index (χ0v) is 99.8. The molecule has 22 heteroatoms. The van der Waals surface area contributed by atoms with E-state index in [1.54, 1.807) is 43.3 Å². The molecule has 0 bridgehead atoms. The van der Waals surface area contributed by atoms with Crippen molar-refractivity contribution in [3.63, 3.8) is 0 Å². The summed E-state index contributed by atoms with van der Waals surface area (Å²) in [5.74, 6) is 1.95. The van der Waals surface area contributed by atoms with Gasteiger partial charge in [-0.25, -0.2) is 15.0 Å². The highest BCUT2D eigenvalue weighted by Gasteiger charge is 2.37. The molecule has 0 fully saturated rings. The van der Waals surface area contributed by atoms with E-state index < -0.39 is 10.8 Å². The van der Waals surface area contributed by atoms with Crippen LogP contribution in [0.4, 0.5) is 0 Å². The second kappa shape index (κ2) is 47.2. The molecule has 8 rings (SSSR count). The summed E-state index contributed by atoms with van der Waals surface area (Å²) >= 11 is 6.24. The quantitative estimate of drug-likeness (QED) is 0.0854. The summed E-state index contributed by atoms with van der Waals surface area (Å²) < 4.78 is 7.24. The molecular formula is C115H190N8O10S4. The van der Waals surface area contributed by atoms with Crippen molar-refractivity contribution in [1.29, 1.82) is 0 Å². The molecule has 0 aliphatic carbocycles. The van der Waals surface area contributed by atoms with Gasteiger partial charge >= 0.3 is 0 Å². The third kappa shape index (κ3) is 45.2. The van der Waals surface area contributed by atoms with Crippen molar-refractivity contribution in [2.75, 3.05) is 0 Å². The van der Waals surface area contributed by atoms with Crippen molar-refractivity contribution in [3.8, 4) is 11.5 Å². The number of thiophene rings is 2. The summed E-state index contributed by atoms with van der Waals surface area (Å²) in [6, 6.07) is 6.15. The van der Waals surface area contributed by atoms with E-state index in [1.165, 1.54) is 21.8 Å². The van der Waals surface area contributed by atoms with Gasteiger partial charge in [-0.2, -0.15) is 5.10 Å². The number of Topliss-reactive ketones (excluding diaryl/α,β-unsaturated/α-hetero) is 8. The molecule has 774 valence electrons. The zero-order valence-electron chi connectivity index (χ0n) is 96.6. The molecule has 0 amide bonds. The summed E-state index contributed by atoms with van der Waals surface area (Å²) in [6.45, 7) is 105. The molecule has 0 atom stereocenters. The first kappa shape index (κ1) is 128. The van der Waals surface area contributed by atoms with Crippen LogP contribution in [0.5, 0.6) is 11.5 Å². The molecule has 8 aromatic rings. The number of thiazole rings is 2. The minimum absolute atomic E-state index is 0.0140. The Morgan fingerprint density at radius 2 is 0.686 bits per heavy atom. The topological polar surface area (TPSA) is 248 Å². The number of nitrogens with zero attached hydrogens (tertiary/aromatic N) is 8. The van der Waals surface area contributed by atoms with Gasteiger partial charge in [-0.1, -0.05) is 332 Å². The predicted octanol–water partition coefficient (Wildman–Crippen LogP) is 31.5. The van der Waals surface area contributed by atoms with Crippen molar-refractivity contribution in [3.05, 3.63) is 145 Å². The van der Waals surface area contributed by atoms with E-state index >= 15 is 0 Å². The van der Waals surface area contributed by atoms with E-state index in [1.807, 2.05) is 254 Å². The Labute approximate surface area is 848 Å². The Balaban J connectivity index is 0.000000783. The summed E-state index contributed by atoms with van der Waals surface area (Å²) in [4.78, 5) is 116. The number of aromatic nitrogens is 8. The number of aryl methyl sites for hydroxylation is 7. The smallest absolute Gasteiger partial charge is 0.203 e. The number of carbonyl (C=O) groups is 8. The lowest BCUT2D eigenvalue weighted by Crippen LogP contribution is -2.23. The second-order valence-electron chi connectivity index (χ2n) is 55.8. The summed E-state index contributed by atoms with van der Waals surface area (Å²) in [7, 11) is 7.49. The largest absolute Gasteiger partial charge is 0.506 e. The van der Waals surface area contributed by atoms with Crippen LogP contribution in [-0.4, -0.2) is 94.9 Å². The third-order valence-electron chi connectivity index (χ3n) is 20.5. The molecular weight excluding hydrogens is 1780 g/mol. The number of rotatable bonds is 16. The van der Waals surface area contributed by atoms with Crippen LogP contribution in [-0.2, 0) is 79.6 Å². The maximum absolute atomic E-state index is 12.3. The third-order valence-corrected chi connectivity index (χ3v) is 24.9. The summed E-state index contributed by atoms with van der Waals surface area (Å²) in [5.41, 5.74) is 8.19. The fourth-order valence-electron chi connectivity index (χ4n) is 13.8. The Bertz CT molecular complexity index is 4680. The van der Waals surface area contributed by atoms with E-state index in [9.17, 15) is 48.6 Å². The maximum Gasteiger partial charge on any atom is 0.203 e. The minimum Gasteiger partial charge on any atom is -0.506 e. The van der Waals surface area contributed by atoms with Crippen molar-refractivity contribution >= 4 is 91.6 Å². The van der Waals surface area contributed by atoms with Gasteiger partial charge in [-0.05, 0) is 137 Å². The van der Waals surface area contributed by atoms with Gasteiger partial charge in [0.15, 0.2) is 46.3 Å². The first-order chi connectivity index (χ1) is 60.5. The van der Waals surface area contributed by atoms with Crippen molar-refractivity contribution in [2.24, 2.45) is 115 Å². The number of aromatic hydroxyl groups is 2. The fourth-order valence-corrected chi connectivity index (χ4v) is 19.3. The predicted molar refractivity (Wildman–Crippen MR) is 583 cm³/mol. The Kier molecular flexibility index (Phi) is 44.0. The van der Waals surface area contributed by atoms with Gasteiger partial charge in [0.05, 0.1) is 42.5 Å². The van der Waals surface area contributed by atoms with E-state index in [2.05, 4.69) is 198 Å². The lowest BCUT2D eigenvalue weighted by Gasteiger charge is -2.18. The highest BCUT2D eigenvalue weighted by atomic mass is 32.1. The zero-order chi connectivity index (χ0) is 108. The number of imidazole rings is 1. The molecule has 8 heterocycles. The average Bonchev–Trinajstić information content (AvgIpc) is 1.66. The van der Waals surface area contributed by atoms with Crippen LogP contribution in [0.1, 0.15) is 473 Å². The number of ketones is 8. The molecule has 0 aliphatic heterocycles. The van der Waals surface area contributed by atoms with Gasteiger partial charge < -0.3 is 23.9 Å². The van der Waals surface area contributed by atoms with Crippen molar-refractivity contribution in [1.82, 2.24) is 38.4 Å². The van der Waals surface area contributed by atoms with Crippen LogP contribution in [0, 0.1) is 107 Å². The maximum atomic E-state index is 12.3. The lowest BCUT2D eigenvalue weighted by molar-refractivity contribution is 0.0838. The van der Waals surface area contributed by atoms with Gasteiger partial charge in [-0.3, -0.25) is 43.0 Å². The van der Waals surface area contributed by atoms with Crippen LogP contribution in [0.3, 0.4) is 0 Å². The van der Waals surface area contributed by atoms with E-state index in [-0.39, 0.29) is 134 Å². The van der Waals surface area contributed by atoms with E-state index in [4.69, 9.17) is 0 Å². The molecule has 0 saturated heterocycles. The first-order valence-corrected chi connectivity index (χ1v) is 52.1. The number of hydrogen-bond donors (Lipinski definition) is 2. The lowest BCUT2D eigenvalue weighted by atomic mass is 9.86. The van der Waals surface area contributed by atoms with Gasteiger partial charge in [0.1, 0.15) is 33.5 Å². The van der Waals surface area contributed by atoms with Crippen LogP contribution in [0.25, 0.3) is 0 Å². The molecule has 18 nitrogen and oxygen atoms in total. The SMILES string of the molecule is CC(C)(C)Cc1csc(C(=O)C(C)(C)C)c1O.Cc1cc(CC(C)(C)C)sc1C(=O)C(C)(C)C.Cc1nc(CC(C)(C)C)sc1C(=O)C(C)(C)C.Cc1sc(CC(C)(C)C)nc1C(=O)C(C)(C)C.Cn1cc(CC(C)(C)C)c(O)c1C(=O)C(C)(C)C.Cn1cc(CC(C)(C)C)cc1C(=O)C(C)(C)C.Cn1cc(CC(C)(C)C)nc1C(=O)C(C)(C)C.Cn1nc(CC(C)(C)C)cc1C(=O)C(C)(C)C. The van der Waals surface area contributed by atoms with E-state index in [0.29, 0.717) is 27.8 Å². The Hall–Kier alpha value is -7.40. The van der Waals surface area contributed by atoms with Crippen LogP contribution in [0.15, 0.2) is 42.2 Å². The average molecular weight is 1970 g/mol. The number of carbonyl (C=O) groups excluding carboxylic acids is 8. The summed E-state index contributed by atoms with van der Waals surface area (Å²) in [6.07, 6.45) is 13.1. The fraction of sp³-hybridized carbons (Fsp3) is 0.687. The van der Waals surface area contributed by atoms with Gasteiger partial charge in [-0.15, -0.1) is 45.3 Å². The Morgan fingerprint density at radius 1 is 0.314 bits per heavy atom. The molecule has 0 aromatic carbocycles. The normalized spacial score (nSPS) is 12.9. The van der Waals surface area contributed by atoms with Crippen molar-refractivity contribution in [2.45, 2.75) is 404 Å². The highest BCUT2D eigenvalue weighted by molar-refractivity contribution is 7.14.